The van der Waals surface area contributed by atoms with Crippen LogP contribution in [0, 0.1) is 0 Å². The van der Waals surface area contributed by atoms with Crippen LogP contribution in [-0.2, 0) is 0 Å². The Balaban J connectivity index is 2.14. The first-order valence-electron chi connectivity index (χ1n) is 5.29. The average Bonchev–Trinajstić information content (AvgIpc) is 2.19. The molecule has 0 radical (unpaired) electrons. The summed E-state index contributed by atoms with van der Waals surface area (Å²) in [5.74, 6) is 0.844. The predicted octanol–water partition coefficient (Wildman–Crippen LogP) is 3.02. The van der Waals surface area contributed by atoms with Crippen molar-refractivity contribution in [2.45, 2.75) is 18.6 Å². The molecule has 0 fully saturated rings. The van der Waals surface area contributed by atoms with Crippen molar-refractivity contribution < 1.29 is 4.74 Å². The van der Waals surface area contributed by atoms with E-state index in [2.05, 4.69) is 31.8 Å². The molecule has 0 amide bonds. The van der Waals surface area contributed by atoms with Gasteiger partial charge >= 0.3 is 0 Å². The summed E-state index contributed by atoms with van der Waals surface area (Å²) >= 11 is 10.2. The van der Waals surface area contributed by atoms with Gasteiger partial charge in [-0.2, -0.15) is 12.6 Å². The Morgan fingerprint density at radius 2 is 1.94 bits per heavy atom. The zero-order chi connectivity index (χ0) is 12.0. The molecule has 0 saturated carbocycles. The van der Waals surface area contributed by atoms with Crippen LogP contribution in [0.25, 0.3) is 0 Å². The van der Waals surface area contributed by atoms with Crippen molar-refractivity contribution in [1.82, 2.24) is 5.32 Å². The largest absolute Gasteiger partial charge is 0.492 e. The predicted molar refractivity (Wildman–Crippen MR) is 72.9 cm³/mol. The standard InChI is InChI=1S/C12H18ClNOS/c1-12(2,16)9-14-7-8-15-11-5-3-10(13)4-6-11/h3-6,14,16H,7-9H2,1-2H3. The SMILES string of the molecule is CC(C)(S)CNCCOc1ccc(Cl)cc1. The molecule has 0 aromatic heterocycles. The van der Waals surface area contributed by atoms with Crippen LogP contribution >= 0.6 is 24.2 Å². The molecule has 0 bridgehead atoms. The summed E-state index contributed by atoms with van der Waals surface area (Å²) in [7, 11) is 0. The van der Waals surface area contributed by atoms with Crippen LogP contribution in [0.3, 0.4) is 0 Å². The number of halogens is 1. The zero-order valence-corrected chi connectivity index (χ0v) is 11.3. The summed E-state index contributed by atoms with van der Waals surface area (Å²) in [5.41, 5.74) is 0. The van der Waals surface area contributed by atoms with E-state index in [0.717, 1.165) is 23.9 Å². The van der Waals surface area contributed by atoms with Crippen LogP contribution in [0.1, 0.15) is 13.8 Å². The number of nitrogens with one attached hydrogen (secondary N) is 1. The molecule has 90 valence electrons. The minimum absolute atomic E-state index is 0.0142. The molecule has 16 heavy (non-hydrogen) atoms. The van der Waals surface area contributed by atoms with Gasteiger partial charge in [0.1, 0.15) is 12.4 Å². The van der Waals surface area contributed by atoms with E-state index in [-0.39, 0.29) is 4.75 Å². The van der Waals surface area contributed by atoms with E-state index < -0.39 is 0 Å². The number of benzene rings is 1. The van der Waals surface area contributed by atoms with Crippen LogP contribution in [0.4, 0.5) is 0 Å². The second-order valence-electron chi connectivity index (χ2n) is 4.29. The van der Waals surface area contributed by atoms with E-state index in [4.69, 9.17) is 16.3 Å². The van der Waals surface area contributed by atoms with E-state index in [1.807, 2.05) is 24.3 Å². The third kappa shape index (κ3) is 6.26. The van der Waals surface area contributed by atoms with Crippen molar-refractivity contribution in [1.29, 1.82) is 0 Å². The van der Waals surface area contributed by atoms with Crippen molar-refractivity contribution in [3.63, 3.8) is 0 Å². The second-order valence-corrected chi connectivity index (χ2v) is 5.94. The fourth-order valence-electron chi connectivity index (χ4n) is 1.17. The van der Waals surface area contributed by atoms with E-state index >= 15 is 0 Å². The molecule has 0 saturated heterocycles. The Morgan fingerprint density at radius 1 is 1.31 bits per heavy atom. The molecule has 1 N–H and O–H groups in total. The first-order valence-corrected chi connectivity index (χ1v) is 6.11. The first kappa shape index (κ1) is 13.7. The molecule has 0 aliphatic rings. The summed E-state index contributed by atoms with van der Waals surface area (Å²) in [6.45, 7) is 6.46. The molecule has 0 aliphatic heterocycles. The van der Waals surface area contributed by atoms with Gasteiger partial charge in [-0.1, -0.05) is 11.6 Å². The summed E-state index contributed by atoms with van der Waals surface area (Å²) in [5, 5.41) is 4.00. The van der Waals surface area contributed by atoms with Crippen LogP contribution < -0.4 is 10.1 Å². The molecule has 0 heterocycles. The molecule has 1 aromatic carbocycles. The summed E-state index contributed by atoms with van der Waals surface area (Å²) in [6.07, 6.45) is 0. The van der Waals surface area contributed by atoms with Gasteiger partial charge in [-0.3, -0.25) is 0 Å². The van der Waals surface area contributed by atoms with Crippen molar-refractivity contribution in [2.75, 3.05) is 19.7 Å². The fraction of sp³-hybridized carbons (Fsp3) is 0.500. The highest BCUT2D eigenvalue weighted by Crippen LogP contribution is 2.15. The first-order chi connectivity index (χ1) is 7.47. The third-order valence-electron chi connectivity index (χ3n) is 1.92. The van der Waals surface area contributed by atoms with Gasteiger partial charge in [0.05, 0.1) is 0 Å². The maximum atomic E-state index is 5.77. The number of hydrogen-bond acceptors (Lipinski definition) is 3. The van der Waals surface area contributed by atoms with Gasteiger partial charge in [0.15, 0.2) is 0 Å². The summed E-state index contributed by atoms with van der Waals surface area (Å²) in [4.78, 5) is 0. The minimum Gasteiger partial charge on any atom is -0.492 e. The zero-order valence-electron chi connectivity index (χ0n) is 9.66. The van der Waals surface area contributed by atoms with E-state index in [1.165, 1.54) is 0 Å². The Morgan fingerprint density at radius 3 is 2.50 bits per heavy atom. The monoisotopic (exact) mass is 259 g/mol. The van der Waals surface area contributed by atoms with Crippen molar-refractivity contribution in [3.8, 4) is 5.75 Å². The van der Waals surface area contributed by atoms with Gasteiger partial charge in [0, 0.05) is 22.9 Å². The van der Waals surface area contributed by atoms with E-state index in [1.54, 1.807) is 0 Å². The van der Waals surface area contributed by atoms with Crippen molar-refractivity contribution in [2.24, 2.45) is 0 Å². The van der Waals surface area contributed by atoms with E-state index in [0.29, 0.717) is 6.61 Å². The molecule has 0 spiro atoms. The normalized spacial score (nSPS) is 11.5. The smallest absolute Gasteiger partial charge is 0.119 e. The number of ether oxygens (including phenoxy) is 1. The third-order valence-corrected chi connectivity index (χ3v) is 2.33. The second kappa shape index (κ2) is 6.38. The Kier molecular flexibility index (Phi) is 5.46. The van der Waals surface area contributed by atoms with Gasteiger partial charge in [-0.25, -0.2) is 0 Å². The molecule has 0 atom stereocenters. The molecule has 2 nitrogen and oxygen atoms in total. The van der Waals surface area contributed by atoms with Crippen molar-refractivity contribution in [3.05, 3.63) is 29.3 Å². The Labute approximate surface area is 108 Å². The van der Waals surface area contributed by atoms with Crippen LogP contribution in [-0.4, -0.2) is 24.4 Å². The van der Waals surface area contributed by atoms with Crippen molar-refractivity contribution >= 4 is 24.2 Å². The van der Waals surface area contributed by atoms with Crippen LogP contribution in [0.2, 0.25) is 5.02 Å². The topological polar surface area (TPSA) is 21.3 Å². The highest BCUT2D eigenvalue weighted by atomic mass is 35.5. The number of thiol groups is 1. The lowest BCUT2D eigenvalue weighted by molar-refractivity contribution is 0.312. The number of rotatable bonds is 6. The molecular formula is C12H18ClNOS. The molecule has 1 aromatic rings. The van der Waals surface area contributed by atoms with Gasteiger partial charge < -0.3 is 10.1 Å². The Hall–Kier alpha value is -0.380. The van der Waals surface area contributed by atoms with Gasteiger partial charge in [-0.05, 0) is 38.1 Å². The van der Waals surface area contributed by atoms with E-state index in [9.17, 15) is 0 Å². The van der Waals surface area contributed by atoms with Crippen LogP contribution in [0.5, 0.6) is 5.75 Å². The number of hydrogen-bond donors (Lipinski definition) is 2. The van der Waals surface area contributed by atoms with Gasteiger partial charge in [0.2, 0.25) is 0 Å². The Bertz CT molecular complexity index is 308. The maximum absolute atomic E-state index is 5.77. The summed E-state index contributed by atoms with van der Waals surface area (Å²) in [6, 6.07) is 7.37. The summed E-state index contributed by atoms with van der Waals surface area (Å²) < 4.78 is 5.54. The highest BCUT2D eigenvalue weighted by Gasteiger charge is 2.09. The molecular weight excluding hydrogens is 242 g/mol. The van der Waals surface area contributed by atoms with Gasteiger partial charge in [0.25, 0.3) is 0 Å². The lowest BCUT2D eigenvalue weighted by atomic mass is 10.2. The minimum atomic E-state index is 0.0142. The lowest BCUT2D eigenvalue weighted by Crippen LogP contribution is -2.32. The molecule has 0 unspecified atom stereocenters. The highest BCUT2D eigenvalue weighted by molar-refractivity contribution is 7.81. The molecule has 4 heteroatoms. The molecule has 0 aliphatic carbocycles. The average molecular weight is 260 g/mol. The van der Waals surface area contributed by atoms with Crippen LogP contribution in [0.15, 0.2) is 24.3 Å². The molecule has 1 rings (SSSR count). The lowest BCUT2D eigenvalue weighted by Gasteiger charge is -2.17. The van der Waals surface area contributed by atoms with Gasteiger partial charge in [-0.15, -0.1) is 0 Å². The fourth-order valence-corrected chi connectivity index (χ4v) is 1.40. The maximum Gasteiger partial charge on any atom is 0.119 e. The quantitative estimate of drug-likeness (QED) is 0.605.